The van der Waals surface area contributed by atoms with Gasteiger partial charge in [-0.05, 0) is 35.9 Å². The Kier molecular flexibility index (Phi) is 5.58. The molecule has 0 spiro atoms. The molecule has 0 saturated carbocycles. The smallest absolute Gasteiger partial charge is 0.258 e. The first kappa shape index (κ1) is 17.3. The number of benzene rings is 1. The highest BCUT2D eigenvalue weighted by Gasteiger charge is 2.07. The highest BCUT2D eigenvalue weighted by Crippen LogP contribution is 2.27. The molecule has 0 saturated heterocycles. The van der Waals surface area contributed by atoms with Crippen LogP contribution in [0.3, 0.4) is 0 Å². The van der Waals surface area contributed by atoms with Gasteiger partial charge in [-0.15, -0.1) is 0 Å². The van der Waals surface area contributed by atoms with Gasteiger partial charge in [0.2, 0.25) is 0 Å². The van der Waals surface area contributed by atoms with E-state index in [0.29, 0.717) is 22.3 Å². The summed E-state index contributed by atoms with van der Waals surface area (Å²) in [6.07, 6.45) is 4.93. The molecule has 0 unspecified atom stereocenters. The van der Waals surface area contributed by atoms with Crippen LogP contribution in [0.1, 0.15) is 5.56 Å². The summed E-state index contributed by atoms with van der Waals surface area (Å²) in [4.78, 5) is 16.2. The maximum atomic E-state index is 11.9. The van der Waals surface area contributed by atoms with Crippen LogP contribution < -0.4 is 10.1 Å². The zero-order valence-electron chi connectivity index (χ0n) is 13.0. The van der Waals surface area contributed by atoms with Crippen molar-refractivity contribution in [2.45, 2.75) is 6.54 Å². The lowest BCUT2D eigenvalue weighted by atomic mass is 10.2. The summed E-state index contributed by atoms with van der Waals surface area (Å²) in [6.45, 7) is 0.219. The van der Waals surface area contributed by atoms with Gasteiger partial charge in [-0.3, -0.25) is 9.78 Å². The Balaban J connectivity index is 1.49. The second-order valence-corrected chi connectivity index (χ2v) is 6.05. The summed E-state index contributed by atoms with van der Waals surface area (Å²) < 4.78 is 10.4. The lowest BCUT2D eigenvalue weighted by Crippen LogP contribution is -2.28. The van der Waals surface area contributed by atoms with E-state index in [4.69, 9.17) is 32.4 Å². The summed E-state index contributed by atoms with van der Waals surface area (Å²) in [5.41, 5.74) is 2.60. The maximum absolute atomic E-state index is 11.9. The van der Waals surface area contributed by atoms with Gasteiger partial charge in [-0.2, -0.15) is 0 Å². The van der Waals surface area contributed by atoms with Crippen LogP contribution in [-0.2, 0) is 11.3 Å². The Hall–Kier alpha value is -2.50. The fourth-order valence-electron chi connectivity index (χ4n) is 2.10. The van der Waals surface area contributed by atoms with E-state index in [-0.39, 0.29) is 12.5 Å². The van der Waals surface area contributed by atoms with Crippen LogP contribution in [0, 0.1) is 0 Å². The third-order valence-corrected chi connectivity index (χ3v) is 3.91. The minimum atomic E-state index is -0.259. The minimum Gasteiger partial charge on any atom is -0.482 e. The van der Waals surface area contributed by atoms with Crippen molar-refractivity contribution >= 4 is 29.1 Å². The van der Waals surface area contributed by atoms with E-state index < -0.39 is 0 Å². The predicted octanol–water partition coefficient (Wildman–Crippen LogP) is 4.34. The largest absolute Gasteiger partial charge is 0.482 e. The number of hydrogen-bond donors (Lipinski definition) is 1. The molecule has 0 bridgehead atoms. The number of hydrogen-bond acceptors (Lipinski definition) is 4. The van der Waals surface area contributed by atoms with Gasteiger partial charge in [-0.25, -0.2) is 0 Å². The van der Waals surface area contributed by atoms with Crippen molar-refractivity contribution in [3.8, 4) is 17.0 Å². The molecule has 25 heavy (non-hydrogen) atoms. The highest BCUT2D eigenvalue weighted by atomic mass is 35.5. The zero-order chi connectivity index (χ0) is 17.6. The van der Waals surface area contributed by atoms with E-state index in [1.165, 1.54) is 0 Å². The molecule has 0 radical (unpaired) electrons. The number of nitrogens with one attached hydrogen (secondary N) is 1. The molecule has 3 rings (SSSR count). The van der Waals surface area contributed by atoms with Crippen LogP contribution in [0.4, 0.5) is 0 Å². The average molecular weight is 377 g/mol. The molecule has 0 fully saturated rings. The van der Waals surface area contributed by atoms with Crippen LogP contribution in [-0.4, -0.2) is 17.5 Å². The third-order valence-electron chi connectivity index (χ3n) is 3.38. The van der Waals surface area contributed by atoms with Crippen LogP contribution in [0.15, 0.2) is 59.5 Å². The fourth-order valence-corrected chi connectivity index (χ4v) is 2.56. The van der Waals surface area contributed by atoms with Crippen LogP contribution in [0.5, 0.6) is 5.75 Å². The third kappa shape index (κ3) is 4.75. The minimum absolute atomic E-state index is 0.137. The Morgan fingerprint density at radius 2 is 2.08 bits per heavy atom. The van der Waals surface area contributed by atoms with Crippen LogP contribution in [0.2, 0.25) is 10.0 Å². The first-order valence-corrected chi connectivity index (χ1v) is 8.19. The van der Waals surface area contributed by atoms with E-state index >= 15 is 0 Å². The molecule has 0 aliphatic carbocycles. The molecule has 0 aliphatic heterocycles. The van der Waals surface area contributed by atoms with E-state index in [0.717, 1.165) is 16.8 Å². The van der Waals surface area contributed by atoms with Gasteiger partial charge in [0.1, 0.15) is 5.75 Å². The lowest BCUT2D eigenvalue weighted by Gasteiger charge is -2.09. The molecule has 0 aliphatic rings. The Morgan fingerprint density at radius 1 is 1.20 bits per heavy atom. The quantitative estimate of drug-likeness (QED) is 0.694. The van der Waals surface area contributed by atoms with Crippen molar-refractivity contribution in [3.05, 3.63) is 70.7 Å². The first-order chi connectivity index (χ1) is 12.1. The Morgan fingerprint density at radius 3 is 2.76 bits per heavy atom. The number of nitrogens with zero attached hydrogens (tertiary/aromatic N) is 1. The zero-order valence-corrected chi connectivity index (χ0v) is 14.6. The molecule has 3 aromatic rings. The van der Waals surface area contributed by atoms with Crippen molar-refractivity contribution in [3.63, 3.8) is 0 Å². The molecule has 128 valence electrons. The van der Waals surface area contributed by atoms with E-state index in [1.807, 2.05) is 18.2 Å². The van der Waals surface area contributed by atoms with E-state index in [9.17, 15) is 4.79 Å². The molecule has 1 amide bonds. The van der Waals surface area contributed by atoms with Gasteiger partial charge in [-0.1, -0.05) is 29.3 Å². The van der Waals surface area contributed by atoms with E-state index in [1.54, 1.807) is 36.9 Å². The van der Waals surface area contributed by atoms with Gasteiger partial charge >= 0.3 is 0 Å². The molecule has 1 aromatic carbocycles. The van der Waals surface area contributed by atoms with Crippen molar-refractivity contribution in [1.82, 2.24) is 10.3 Å². The van der Waals surface area contributed by atoms with Crippen LogP contribution >= 0.6 is 23.2 Å². The molecule has 1 N–H and O–H groups in total. The average Bonchev–Trinajstić information content (AvgIpc) is 3.14. The molecular weight excluding hydrogens is 363 g/mol. The van der Waals surface area contributed by atoms with Crippen molar-refractivity contribution in [1.29, 1.82) is 0 Å². The van der Waals surface area contributed by atoms with Gasteiger partial charge < -0.3 is 14.5 Å². The number of aromatic nitrogens is 1. The number of furan rings is 1. The number of pyridine rings is 1. The molecular formula is C18H14Cl2N2O3. The number of amides is 1. The molecule has 7 heteroatoms. The normalized spacial score (nSPS) is 10.5. The number of halogens is 2. The van der Waals surface area contributed by atoms with Crippen molar-refractivity contribution in [2.75, 3.05) is 6.61 Å². The second kappa shape index (κ2) is 8.05. The van der Waals surface area contributed by atoms with Gasteiger partial charge in [0.15, 0.2) is 6.61 Å². The maximum Gasteiger partial charge on any atom is 0.258 e. The number of ether oxygens (including phenoxy) is 1. The molecule has 2 aromatic heterocycles. The molecule has 2 heterocycles. The fraction of sp³-hybridized carbons (Fsp3) is 0.111. The Bertz CT molecular complexity index is 849. The van der Waals surface area contributed by atoms with Gasteiger partial charge in [0, 0.05) is 23.3 Å². The van der Waals surface area contributed by atoms with Gasteiger partial charge in [0.25, 0.3) is 5.91 Å². The SMILES string of the molecule is O=C(COc1ccc(Cl)cc1Cl)NCc1ccc(-c2ccoc2)nc1. The van der Waals surface area contributed by atoms with Gasteiger partial charge in [0.05, 0.1) is 23.2 Å². The second-order valence-electron chi connectivity index (χ2n) is 5.20. The Labute approximate surface area is 154 Å². The summed E-state index contributed by atoms with van der Waals surface area (Å²) in [6, 6.07) is 10.4. The predicted molar refractivity (Wildman–Crippen MR) is 95.7 cm³/mol. The summed E-state index contributed by atoms with van der Waals surface area (Å²) >= 11 is 11.8. The van der Waals surface area contributed by atoms with Crippen LogP contribution in [0.25, 0.3) is 11.3 Å². The summed E-state index contributed by atoms with van der Waals surface area (Å²) in [5.74, 6) is 0.150. The van der Waals surface area contributed by atoms with Crippen molar-refractivity contribution < 1.29 is 13.9 Å². The first-order valence-electron chi connectivity index (χ1n) is 7.44. The molecule has 5 nitrogen and oxygen atoms in total. The highest BCUT2D eigenvalue weighted by molar-refractivity contribution is 6.35. The number of carbonyl (C=O) groups excluding carboxylic acids is 1. The summed E-state index contributed by atoms with van der Waals surface area (Å²) in [7, 11) is 0. The topological polar surface area (TPSA) is 64.4 Å². The van der Waals surface area contributed by atoms with Crippen molar-refractivity contribution in [2.24, 2.45) is 0 Å². The molecule has 0 atom stereocenters. The van der Waals surface area contributed by atoms with E-state index in [2.05, 4.69) is 10.3 Å². The lowest BCUT2D eigenvalue weighted by molar-refractivity contribution is -0.123. The standard InChI is InChI=1S/C18H14Cl2N2O3/c19-14-2-4-17(15(20)7-14)25-11-18(23)22-9-12-1-3-16(21-8-12)13-5-6-24-10-13/h1-8,10H,9,11H2,(H,22,23). The number of carbonyl (C=O) groups is 1. The number of rotatable bonds is 6. The summed E-state index contributed by atoms with van der Waals surface area (Å²) in [5, 5.41) is 3.63. The monoisotopic (exact) mass is 376 g/mol.